The summed E-state index contributed by atoms with van der Waals surface area (Å²) in [5.41, 5.74) is 2.70. The van der Waals surface area contributed by atoms with Crippen LogP contribution in [0.1, 0.15) is 29.4 Å². The molecule has 0 spiro atoms. The quantitative estimate of drug-likeness (QED) is 0.695. The van der Waals surface area contributed by atoms with Gasteiger partial charge < -0.3 is 10.1 Å². The molecule has 3 aromatic rings. The van der Waals surface area contributed by atoms with Gasteiger partial charge in [-0.2, -0.15) is 0 Å². The number of nitrogens with one attached hydrogen (secondary N) is 1. The molecule has 0 aliphatic carbocycles. The summed E-state index contributed by atoms with van der Waals surface area (Å²) in [6.45, 7) is 2.79. The molecule has 5 heteroatoms. The van der Waals surface area contributed by atoms with Gasteiger partial charge in [0, 0.05) is 17.7 Å². The zero-order valence-electron chi connectivity index (χ0n) is 15.2. The molecule has 1 N–H and O–H groups in total. The standard InChI is InChI=1S/C22H22N2O2S/c1-15(18-13-8-14-26-18)23-21(25)20-19(16-9-4-2-5-10-16)24-22(27-20)17-11-6-3-7-12-17/h2-7,9-12,15,18H,8,13-14H2,1H3,(H,23,25)/t15-,18-/m1/s1. The summed E-state index contributed by atoms with van der Waals surface area (Å²) in [4.78, 5) is 18.5. The summed E-state index contributed by atoms with van der Waals surface area (Å²) in [7, 11) is 0. The maximum Gasteiger partial charge on any atom is 0.263 e. The highest BCUT2D eigenvalue weighted by Crippen LogP contribution is 2.34. The van der Waals surface area contributed by atoms with Crippen LogP contribution in [-0.4, -0.2) is 29.6 Å². The van der Waals surface area contributed by atoms with Crippen LogP contribution in [0.5, 0.6) is 0 Å². The van der Waals surface area contributed by atoms with Crippen LogP contribution in [0.3, 0.4) is 0 Å². The van der Waals surface area contributed by atoms with Crippen molar-refractivity contribution in [3.8, 4) is 21.8 Å². The van der Waals surface area contributed by atoms with E-state index in [1.54, 1.807) is 0 Å². The second-order valence-electron chi connectivity index (χ2n) is 6.74. The minimum Gasteiger partial charge on any atom is -0.376 e. The number of amides is 1. The first-order valence-corrected chi connectivity index (χ1v) is 10.1. The van der Waals surface area contributed by atoms with Gasteiger partial charge >= 0.3 is 0 Å². The SMILES string of the molecule is C[C@@H](NC(=O)c1sc(-c2ccccc2)nc1-c1ccccc1)[C@H]1CCCO1. The second kappa shape index (κ2) is 8.03. The molecule has 0 unspecified atom stereocenters. The number of rotatable bonds is 5. The molecule has 2 aromatic carbocycles. The Morgan fingerprint density at radius 2 is 1.78 bits per heavy atom. The van der Waals surface area contributed by atoms with Crippen molar-refractivity contribution in [3.63, 3.8) is 0 Å². The Labute approximate surface area is 163 Å². The maximum atomic E-state index is 13.1. The average molecular weight is 378 g/mol. The van der Waals surface area contributed by atoms with Crippen molar-refractivity contribution >= 4 is 17.2 Å². The number of benzene rings is 2. The number of carbonyl (C=O) groups is 1. The van der Waals surface area contributed by atoms with Gasteiger partial charge in [0.15, 0.2) is 0 Å². The van der Waals surface area contributed by atoms with Crippen LogP contribution in [0.15, 0.2) is 60.7 Å². The summed E-state index contributed by atoms with van der Waals surface area (Å²) < 4.78 is 5.71. The van der Waals surface area contributed by atoms with Crippen LogP contribution in [0.4, 0.5) is 0 Å². The normalized spacial score (nSPS) is 17.6. The molecule has 1 aromatic heterocycles. The van der Waals surface area contributed by atoms with E-state index in [1.165, 1.54) is 11.3 Å². The van der Waals surface area contributed by atoms with E-state index in [1.807, 2.05) is 67.6 Å². The molecule has 0 bridgehead atoms. The zero-order chi connectivity index (χ0) is 18.6. The van der Waals surface area contributed by atoms with Crippen molar-refractivity contribution in [2.45, 2.75) is 31.9 Å². The minimum absolute atomic E-state index is 0.0223. The van der Waals surface area contributed by atoms with Crippen LogP contribution in [0.25, 0.3) is 21.8 Å². The van der Waals surface area contributed by atoms with Gasteiger partial charge in [-0.15, -0.1) is 11.3 Å². The number of carbonyl (C=O) groups excluding carboxylic acids is 1. The lowest BCUT2D eigenvalue weighted by Gasteiger charge is -2.19. The Morgan fingerprint density at radius 3 is 2.41 bits per heavy atom. The summed E-state index contributed by atoms with van der Waals surface area (Å²) >= 11 is 1.44. The number of hydrogen-bond donors (Lipinski definition) is 1. The average Bonchev–Trinajstić information content (AvgIpc) is 3.40. The number of aromatic nitrogens is 1. The monoisotopic (exact) mass is 378 g/mol. The molecule has 1 fully saturated rings. The minimum atomic E-state index is -0.0865. The molecule has 1 aliphatic rings. The first-order chi connectivity index (χ1) is 13.2. The number of hydrogen-bond acceptors (Lipinski definition) is 4. The molecule has 1 aliphatic heterocycles. The Bertz CT molecular complexity index is 903. The van der Waals surface area contributed by atoms with Crippen molar-refractivity contribution in [1.29, 1.82) is 0 Å². The predicted molar refractivity (Wildman–Crippen MR) is 109 cm³/mol. The number of ether oxygens (including phenoxy) is 1. The number of nitrogens with zero attached hydrogens (tertiary/aromatic N) is 1. The van der Waals surface area contributed by atoms with Gasteiger partial charge in [-0.3, -0.25) is 4.79 Å². The van der Waals surface area contributed by atoms with Crippen LogP contribution in [0, 0.1) is 0 Å². The van der Waals surface area contributed by atoms with Crippen LogP contribution in [-0.2, 0) is 4.74 Å². The second-order valence-corrected chi connectivity index (χ2v) is 7.74. The summed E-state index contributed by atoms with van der Waals surface area (Å²) in [6, 6.07) is 19.8. The van der Waals surface area contributed by atoms with Gasteiger partial charge in [-0.05, 0) is 19.8 Å². The Balaban J connectivity index is 1.67. The molecule has 2 atom stereocenters. The van der Waals surface area contributed by atoms with Gasteiger partial charge in [-0.1, -0.05) is 60.7 Å². The predicted octanol–water partition coefficient (Wildman–Crippen LogP) is 4.77. The molecular weight excluding hydrogens is 356 g/mol. The van der Waals surface area contributed by atoms with Gasteiger partial charge in [0.05, 0.1) is 17.8 Å². The van der Waals surface area contributed by atoms with Crippen LogP contribution in [0.2, 0.25) is 0 Å². The smallest absolute Gasteiger partial charge is 0.263 e. The molecule has 1 saturated heterocycles. The fourth-order valence-corrected chi connectivity index (χ4v) is 4.33. The Kier molecular flexibility index (Phi) is 5.32. The van der Waals surface area contributed by atoms with Crippen LogP contribution >= 0.6 is 11.3 Å². The van der Waals surface area contributed by atoms with Gasteiger partial charge in [0.1, 0.15) is 9.88 Å². The molecule has 1 amide bonds. The molecule has 138 valence electrons. The van der Waals surface area contributed by atoms with Crippen LogP contribution < -0.4 is 5.32 Å². The lowest BCUT2D eigenvalue weighted by molar-refractivity contribution is 0.0715. The largest absolute Gasteiger partial charge is 0.376 e. The summed E-state index contributed by atoms with van der Waals surface area (Å²) in [6.07, 6.45) is 2.14. The Morgan fingerprint density at radius 1 is 1.11 bits per heavy atom. The Hall–Kier alpha value is -2.50. The first-order valence-electron chi connectivity index (χ1n) is 9.26. The van der Waals surface area contributed by atoms with E-state index in [4.69, 9.17) is 9.72 Å². The molecule has 2 heterocycles. The zero-order valence-corrected chi connectivity index (χ0v) is 16.0. The van der Waals surface area contributed by atoms with E-state index < -0.39 is 0 Å². The lowest BCUT2D eigenvalue weighted by atomic mass is 10.1. The molecule has 0 saturated carbocycles. The highest BCUT2D eigenvalue weighted by Gasteiger charge is 2.26. The van der Waals surface area contributed by atoms with Gasteiger partial charge in [0.25, 0.3) is 5.91 Å². The van der Waals surface area contributed by atoms with Crippen molar-refractivity contribution in [1.82, 2.24) is 10.3 Å². The maximum absolute atomic E-state index is 13.1. The van der Waals surface area contributed by atoms with E-state index in [0.29, 0.717) is 4.88 Å². The summed E-state index contributed by atoms with van der Waals surface area (Å²) in [5.74, 6) is -0.0865. The van der Waals surface area contributed by atoms with Crippen molar-refractivity contribution < 1.29 is 9.53 Å². The first kappa shape index (κ1) is 17.9. The van der Waals surface area contributed by atoms with Crippen molar-refractivity contribution in [3.05, 3.63) is 65.5 Å². The molecule has 4 rings (SSSR count). The highest BCUT2D eigenvalue weighted by atomic mass is 32.1. The molecule has 0 radical (unpaired) electrons. The molecular formula is C22H22N2O2S. The van der Waals surface area contributed by atoms with Crippen molar-refractivity contribution in [2.75, 3.05) is 6.61 Å². The third-order valence-corrected chi connectivity index (χ3v) is 5.89. The highest BCUT2D eigenvalue weighted by molar-refractivity contribution is 7.17. The lowest BCUT2D eigenvalue weighted by Crippen LogP contribution is -2.40. The number of thiazole rings is 1. The van der Waals surface area contributed by atoms with Crippen molar-refractivity contribution in [2.24, 2.45) is 0 Å². The van der Waals surface area contributed by atoms with E-state index in [0.717, 1.165) is 41.3 Å². The molecule has 4 nitrogen and oxygen atoms in total. The third-order valence-electron chi connectivity index (χ3n) is 4.78. The summed E-state index contributed by atoms with van der Waals surface area (Å²) in [5, 5.41) is 3.97. The topological polar surface area (TPSA) is 51.2 Å². The fraction of sp³-hybridized carbons (Fsp3) is 0.273. The van der Waals surface area contributed by atoms with Gasteiger partial charge in [0.2, 0.25) is 0 Å². The fourth-order valence-electron chi connectivity index (χ4n) is 3.33. The van der Waals surface area contributed by atoms with E-state index in [9.17, 15) is 4.79 Å². The third kappa shape index (κ3) is 3.94. The van der Waals surface area contributed by atoms with E-state index in [-0.39, 0.29) is 18.1 Å². The van der Waals surface area contributed by atoms with E-state index in [2.05, 4.69) is 5.32 Å². The van der Waals surface area contributed by atoms with E-state index >= 15 is 0 Å². The van der Waals surface area contributed by atoms with Gasteiger partial charge in [-0.25, -0.2) is 4.98 Å². The molecule has 27 heavy (non-hydrogen) atoms.